The van der Waals surface area contributed by atoms with Gasteiger partial charge in [-0.25, -0.2) is 4.79 Å². The molecular formula is C11H12O4. The van der Waals surface area contributed by atoms with Crippen molar-refractivity contribution in [3.63, 3.8) is 0 Å². The largest absolute Gasteiger partial charge is 0.508 e. The number of hydrogen-bond acceptors (Lipinski definition) is 4. The van der Waals surface area contributed by atoms with Crippen LogP contribution in [0, 0.1) is 0 Å². The Bertz CT molecular complexity index is 365. The summed E-state index contributed by atoms with van der Waals surface area (Å²) in [6, 6.07) is 6.38. The Morgan fingerprint density at radius 2 is 1.80 bits per heavy atom. The molecular weight excluding hydrogens is 196 g/mol. The number of phenolic OH excluding ortho intramolecular Hbond substituents is 1. The van der Waals surface area contributed by atoms with Crippen molar-refractivity contribution in [2.24, 2.45) is 0 Å². The van der Waals surface area contributed by atoms with Crippen molar-refractivity contribution in [3.05, 3.63) is 35.6 Å². The fourth-order valence-corrected chi connectivity index (χ4v) is 1.02. The second-order valence-corrected chi connectivity index (χ2v) is 2.80. The maximum Gasteiger partial charge on any atom is 0.373 e. The van der Waals surface area contributed by atoms with Gasteiger partial charge in [0.05, 0.1) is 14.2 Å². The van der Waals surface area contributed by atoms with Gasteiger partial charge in [-0.3, -0.25) is 0 Å². The summed E-state index contributed by atoms with van der Waals surface area (Å²) in [6.07, 6.45) is 1.53. The monoisotopic (exact) mass is 208 g/mol. The van der Waals surface area contributed by atoms with Gasteiger partial charge in [-0.15, -0.1) is 0 Å². The van der Waals surface area contributed by atoms with Crippen LogP contribution in [0.1, 0.15) is 5.56 Å². The second-order valence-electron chi connectivity index (χ2n) is 2.80. The van der Waals surface area contributed by atoms with Crippen molar-refractivity contribution < 1.29 is 19.4 Å². The van der Waals surface area contributed by atoms with E-state index in [4.69, 9.17) is 9.84 Å². The Kier molecular flexibility index (Phi) is 3.74. The van der Waals surface area contributed by atoms with Crippen molar-refractivity contribution >= 4 is 12.0 Å². The predicted molar refractivity (Wildman–Crippen MR) is 55.1 cm³/mol. The zero-order valence-corrected chi connectivity index (χ0v) is 8.56. The number of aromatic hydroxyl groups is 1. The smallest absolute Gasteiger partial charge is 0.373 e. The number of methoxy groups -OCH3 is 2. The number of esters is 1. The van der Waals surface area contributed by atoms with E-state index in [2.05, 4.69) is 4.74 Å². The summed E-state index contributed by atoms with van der Waals surface area (Å²) < 4.78 is 9.38. The SMILES string of the molecule is COC(=O)/C(=C/c1ccc(O)cc1)OC. The van der Waals surface area contributed by atoms with Crippen molar-refractivity contribution in [1.29, 1.82) is 0 Å². The number of hydrogen-bond donors (Lipinski definition) is 1. The van der Waals surface area contributed by atoms with Gasteiger partial charge in [0.15, 0.2) is 0 Å². The quantitative estimate of drug-likeness (QED) is 0.465. The Morgan fingerprint density at radius 3 is 2.27 bits per heavy atom. The number of phenols is 1. The summed E-state index contributed by atoms with van der Waals surface area (Å²) in [5.74, 6) is -0.252. The molecule has 0 atom stereocenters. The van der Waals surface area contributed by atoms with E-state index >= 15 is 0 Å². The maximum atomic E-state index is 11.1. The average Bonchev–Trinajstić information content (AvgIpc) is 2.27. The summed E-state index contributed by atoms with van der Waals surface area (Å²) in [5.41, 5.74) is 0.745. The summed E-state index contributed by atoms with van der Waals surface area (Å²) in [4.78, 5) is 11.1. The molecule has 0 radical (unpaired) electrons. The van der Waals surface area contributed by atoms with Gasteiger partial charge in [0.1, 0.15) is 5.75 Å². The molecule has 4 heteroatoms. The third kappa shape index (κ3) is 3.02. The molecule has 0 aliphatic carbocycles. The van der Waals surface area contributed by atoms with Gasteiger partial charge >= 0.3 is 5.97 Å². The fraction of sp³-hybridized carbons (Fsp3) is 0.182. The predicted octanol–water partition coefficient (Wildman–Crippen LogP) is 1.55. The third-order valence-corrected chi connectivity index (χ3v) is 1.80. The summed E-state index contributed by atoms with van der Waals surface area (Å²) in [7, 11) is 2.68. The molecule has 0 spiro atoms. The minimum Gasteiger partial charge on any atom is -0.508 e. The van der Waals surface area contributed by atoms with E-state index in [1.54, 1.807) is 12.1 Å². The Morgan fingerprint density at radius 1 is 1.20 bits per heavy atom. The molecule has 1 aromatic rings. The summed E-state index contributed by atoms with van der Waals surface area (Å²) in [5, 5.41) is 9.06. The first kappa shape index (κ1) is 11.1. The van der Waals surface area contributed by atoms with Crippen molar-refractivity contribution in [2.75, 3.05) is 14.2 Å². The minimum absolute atomic E-state index is 0.114. The van der Waals surface area contributed by atoms with E-state index in [0.29, 0.717) is 0 Å². The standard InChI is InChI=1S/C11H12O4/c1-14-10(11(13)15-2)7-8-3-5-9(12)6-4-8/h3-7,12H,1-2H3/b10-7-. The molecule has 1 N–H and O–H groups in total. The number of rotatable bonds is 3. The van der Waals surface area contributed by atoms with Crippen molar-refractivity contribution in [1.82, 2.24) is 0 Å². The normalized spacial score (nSPS) is 10.9. The van der Waals surface area contributed by atoms with Crippen LogP contribution in [0.3, 0.4) is 0 Å². The lowest BCUT2D eigenvalue weighted by molar-refractivity contribution is -0.139. The lowest BCUT2D eigenvalue weighted by Crippen LogP contribution is -2.05. The molecule has 1 aromatic carbocycles. The summed E-state index contributed by atoms with van der Waals surface area (Å²) in [6.45, 7) is 0. The Labute approximate surface area is 87.7 Å². The zero-order chi connectivity index (χ0) is 11.3. The number of carbonyl (C=O) groups is 1. The van der Waals surface area contributed by atoms with Gasteiger partial charge in [-0.2, -0.15) is 0 Å². The van der Waals surface area contributed by atoms with Crippen LogP contribution in [-0.4, -0.2) is 25.3 Å². The first-order chi connectivity index (χ1) is 7.17. The summed E-state index contributed by atoms with van der Waals surface area (Å²) >= 11 is 0. The average molecular weight is 208 g/mol. The molecule has 0 heterocycles. The van der Waals surface area contributed by atoms with Crippen molar-refractivity contribution in [3.8, 4) is 5.75 Å². The van der Waals surface area contributed by atoms with Gasteiger partial charge in [-0.1, -0.05) is 12.1 Å². The topological polar surface area (TPSA) is 55.8 Å². The molecule has 0 aromatic heterocycles. The van der Waals surface area contributed by atoms with Crippen LogP contribution in [0.25, 0.3) is 6.08 Å². The molecule has 1 rings (SSSR count). The van der Waals surface area contributed by atoms with E-state index in [9.17, 15) is 4.79 Å². The molecule has 0 unspecified atom stereocenters. The van der Waals surface area contributed by atoms with Gasteiger partial charge < -0.3 is 14.6 Å². The van der Waals surface area contributed by atoms with Crippen LogP contribution < -0.4 is 0 Å². The van der Waals surface area contributed by atoms with E-state index in [0.717, 1.165) is 5.56 Å². The number of benzene rings is 1. The highest BCUT2D eigenvalue weighted by molar-refractivity contribution is 5.91. The molecule has 0 saturated heterocycles. The number of carbonyl (C=O) groups excluding carboxylic acids is 1. The molecule has 0 saturated carbocycles. The first-order valence-electron chi connectivity index (χ1n) is 4.30. The molecule has 0 aliphatic heterocycles. The van der Waals surface area contributed by atoms with Crippen LogP contribution in [0.2, 0.25) is 0 Å². The molecule has 80 valence electrons. The van der Waals surface area contributed by atoms with E-state index in [1.807, 2.05) is 0 Å². The molecule has 0 amide bonds. The van der Waals surface area contributed by atoms with Crippen molar-refractivity contribution in [2.45, 2.75) is 0 Å². The molecule has 0 aliphatic rings. The van der Waals surface area contributed by atoms with Gasteiger partial charge in [-0.05, 0) is 23.8 Å². The van der Waals surface area contributed by atoms with Gasteiger partial charge in [0.25, 0.3) is 0 Å². The highest BCUT2D eigenvalue weighted by Crippen LogP contribution is 2.13. The Balaban J connectivity index is 2.93. The second kappa shape index (κ2) is 5.05. The third-order valence-electron chi connectivity index (χ3n) is 1.80. The number of ether oxygens (including phenoxy) is 2. The minimum atomic E-state index is -0.537. The van der Waals surface area contributed by atoms with E-state index in [1.165, 1.54) is 32.4 Å². The lowest BCUT2D eigenvalue weighted by atomic mass is 10.2. The van der Waals surface area contributed by atoms with Gasteiger partial charge in [0, 0.05) is 0 Å². The maximum absolute atomic E-state index is 11.1. The molecule has 4 nitrogen and oxygen atoms in total. The first-order valence-corrected chi connectivity index (χ1v) is 4.30. The fourth-order valence-electron chi connectivity index (χ4n) is 1.02. The van der Waals surface area contributed by atoms with E-state index < -0.39 is 5.97 Å². The van der Waals surface area contributed by atoms with Crippen LogP contribution in [0.5, 0.6) is 5.75 Å². The lowest BCUT2D eigenvalue weighted by Gasteiger charge is -2.03. The Hall–Kier alpha value is -1.97. The molecule has 0 fully saturated rings. The van der Waals surface area contributed by atoms with E-state index in [-0.39, 0.29) is 11.5 Å². The molecule has 0 bridgehead atoms. The van der Waals surface area contributed by atoms with Crippen LogP contribution in [-0.2, 0) is 14.3 Å². The molecule has 15 heavy (non-hydrogen) atoms. The van der Waals surface area contributed by atoms with Crippen LogP contribution in [0.15, 0.2) is 30.0 Å². The van der Waals surface area contributed by atoms with Crippen LogP contribution >= 0.6 is 0 Å². The van der Waals surface area contributed by atoms with Gasteiger partial charge in [0.2, 0.25) is 5.76 Å². The highest BCUT2D eigenvalue weighted by Gasteiger charge is 2.08. The zero-order valence-electron chi connectivity index (χ0n) is 8.56. The van der Waals surface area contributed by atoms with Crippen LogP contribution in [0.4, 0.5) is 0 Å². The highest BCUT2D eigenvalue weighted by atomic mass is 16.6.